The van der Waals surface area contributed by atoms with E-state index < -0.39 is 0 Å². The van der Waals surface area contributed by atoms with Crippen LogP contribution in [0.25, 0.3) is 0 Å². The molecule has 21 heavy (non-hydrogen) atoms. The van der Waals surface area contributed by atoms with Crippen molar-refractivity contribution in [3.8, 4) is 0 Å². The molecule has 0 spiro atoms. The highest BCUT2D eigenvalue weighted by Gasteiger charge is 2.14. The van der Waals surface area contributed by atoms with Crippen LogP contribution in [-0.4, -0.2) is 24.3 Å². The Balaban J connectivity index is 2.41. The molecule has 0 bridgehead atoms. The number of nitrogens with one attached hydrogen (secondary N) is 1. The van der Waals surface area contributed by atoms with Gasteiger partial charge < -0.3 is 11.1 Å². The molecule has 0 saturated heterocycles. The molecule has 1 aromatic rings. The molecule has 5 heteroatoms. The molecule has 0 heterocycles. The molecule has 1 amide bonds. The van der Waals surface area contributed by atoms with Crippen molar-refractivity contribution in [3.05, 3.63) is 34.9 Å². The van der Waals surface area contributed by atoms with Crippen molar-refractivity contribution in [3.63, 3.8) is 0 Å². The number of rotatable bonds is 8. The van der Waals surface area contributed by atoms with Crippen molar-refractivity contribution in [2.24, 2.45) is 11.7 Å². The molecule has 1 unspecified atom stereocenters. The fourth-order valence-electron chi connectivity index (χ4n) is 2.09. The van der Waals surface area contributed by atoms with Crippen LogP contribution in [0, 0.1) is 5.92 Å². The molecule has 0 aromatic heterocycles. The third-order valence-electron chi connectivity index (χ3n) is 3.15. The number of Topliss-reactive ketones (excluding diaryl/α,β-unsaturated/α-hetero) is 1. The van der Waals surface area contributed by atoms with Crippen molar-refractivity contribution >= 4 is 23.3 Å². The monoisotopic (exact) mass is 310 g/mol. The van der Waals surface area contributed by atoms with Crippen molar-refractivity contribution < 1.29 is 9.59 Å². The summed E-state index contributed by atoms with van der Waals surface area (Å²) in [4.78, 5) is 23.8. The summed E-state index contributed by atoms with van der Waals surface area (Å²) in [5.41, 5.74) is 6.21. The van der Waals surface area contributed by atoms with E-state index in [1.807, 2.05) is 0 Å². The summed E-state index contributed by atoms with van der Waals surface area (Å²) in [7, 11) is 0. The van der Waals surface area contributed by atoms with E-state index in [0.717, 1.165) is 6.42 Å². The lowest BCUT2D eigenvalue weighted by Crippen LogP contribution is -2.41. The Labute approximate surface area is 131 Å². The molecule has 1 rings (SSSR count). The number of carbonyl (C=O) groups excluding carboxylic acids is 2. The first-order valence-electron chi connectivity index (χ1n) is 7.20. The van der Waals surface area contributed by atoms with Gasteiger partial charge in [0.05, 0.1) is 0 Å². The van der Waals surface area contributed by atoms with Crippen LogP contribution in [0.4, 0.5) is 0 Å². The topological polar surface area (TPSA) is 72.2 Å². The summed E-state index contributed by atoms with van der Waals surface area (Å²) >= 11 is 5.77. The number of nitrogens with two attached hydrogens (primary N) is 1. The zero-order valence-electron chi connectivity index (χ0n) is 12.6. The van der Waals surface area contributed by atoms with Gasteiger partial charge in [0.2, 0.25) is 5.91 Å². The standard InChI is InChI=1S/C16H23ClN2O2/c1-11(2)9-14(10-18)19-16(21)8-7-15(20)12-3-5-13(17)6-4-12/h3-6,11,14H,7-10,18H2,1-2H3,(H,19,21). The van der Waals surface area contributed by atoms with Gasteiger partial charge in [-0.3, -0.25) is 9.59 Å². The zero-order chi connectivity index (χ0) is 15.8. The van der Waals surface area contributed by atoms with Crippen LogP contribution in [0.3, 0.4) is 0 Å². The maximum atomic E-state index is 11.9. The predicted molar refractivity (Wildman–Crippen MR) is 85.5 cm³/mol. The van der Waals surface area contributed by atoms with Gasteiger partial charge in [0.1, 0.15) is 0 Å². The summed E-state index contributed by atoms with van der Waals surface area (Å²) < 4.78 is 0. The third kappa shape index (κ3) is 6.74. The van der Waals surface area contributed by atoms with Crippen LogP contribution >= 0.6 is 11.6 Å². The molecule has 0 radical (unpaired) electrons. The Morgan fingerprint density at radius 1 is 1.19 bits per heavy atom. The maximum Gasteiger partial charge on any atom is 0.220 e. The van der Waals surface area contributed by atoms with E-state index in [1.165, 1.54) is 0 Å². The van der Waals surface area contributed by atoms with Crippen LogP contribution in [0.2, 0.25) is 5.02 Å². The Bertz CT molecular complexity index is 472. The fraction of sp³-hybridized carbons (Fsp3) is 0.500. The number of hydrogen-bond acceptors (Lipinski definition) is 3. The average molecular weight is 311 g/mol. The number of benzene rings is 1. The zero-order valence-corrected chi connectivity index (χ0v) is 13.3. The van der Waals surface area contributed by atoms with Crippen LogP contribution in [0.15, 0.2) is 24.3 Å². The highest BCUT2D eigenvalue weighted by molar-refractivity contribution is 6.30. The molecular formula is C16H23ClN2O2. The van der Waals surface area contributed by atoms with Crippen LogP contribution in [0.1, 0.15) is 43.5 Å². The summed E-state index contributed by atoms with van der Waals surface area (Å²) in [5, 5.41) is 3.46. The van der Waals surface area contributed by atoms with Gasteiger partial charge in [-0.2, -0.15) is 0 Å². The van der Waals surface area contributed by atoms with Gasteiger partial charge in [0.25, 0.3) is 0 Å². The van der Waals surface area contributed by atoms with Gasteiger partial charge in [-0.1, -0.05) is 25.4 Å². The summed E-state index contributed by atoms with van der Waals surface area (Å²) in [6.07, 6.45) is 1.20. The van der Waals surface area contributed by atoms with Gasteiger partial charge in [-0.15, -0.1) is 0 Å². The Hall–Kier alpha value is -1.39. The van der Waals surface area contributed by atoms with E-state index in [1.54, 1.807) is 24.3 Å². The summed E-state index contributed by atoms with van der Waals surface area (Å²) in [5.74, 6) is 0.276. The molecular weight excluding hydrogens is 288 g/mol. The second-order valence-corrected chi connectivity index (χ2v) is 6.00. The first-order valence-corrected chi connectivity index (χ1v) is 7.58. The average Bonchev–Trinajstić information content (AvgIpc) is 2.44. The lowest BCUT2D eigenvalue weighted by molar-refractivity contribution is -0.121. The predicted octanol–water partition coefficient (Wildman–Crippen LogP) is 2.79. The van der Waals surface area contributed by atoms with Crippen molar-refractivity contribution in [1.29, 1.82) is 0 Å². The third-order valence-corrected chi connectivity index (χ3v) is 3.40. The molecule has 4 nitrogen and oxygen atoms in total. The molecule has 3 N–H and O–H groups in total. The minimum absolute atomic E-state index is 0.0249. The number of hydrogen-bond donors (Lipinski definition) is 2. The van der Waals surface area contributed by atoms with Gasteiger partial charge in [0.15, 0.2) is 5.78 Å². The Kier molecular flexibility index (Phi) is 7.40. The van der Waals surface area contributed by atoms with E-state index in [-0.39, 0.29) is 30.6 Å². The largest absolute Gasteiger partial charge is 0.352 e. The second kappa shape index (κ2) is 8.80. The normalized spacial score (nSPS) is 12.2. The Morgan fingerprint density at radius 3 is 2.33 bits per heavy atom. The van der Waals surface area contributed by atoms with Gasteiger partial charge >= 0.3 is 0 Å². The first-order chi connectivity index (χ1) is 9.92. The van der Waals surface area contributed by atoms with Crippen LogP contribution in [-0.2, 0) is 4.79 Å². The molecule has 1 atom stereocenters. The quantitative estimate of drug-likeness (QED) is 0.725. The number of carbonyl (C=O) groups is 2. The second-order valence-electron chi connectivity index (χ2n) is 5.56. The molecule has 0 saturated carbocycles. The van der Waals surface area contributed by atoms with Gasteiger partial charge in [-0.25, -0.2) is 0 Å². The lowest BCUT2D eigenvalue weighted by Gasteiger charge is -2.18. The number of ketones is 1. The van der Waals surface area contributed by atoms with Gasteiger partial charge in [0, 0.05) is 36.0 Å². The highest BCUT2D eigenvalue weighted by atomic mass is 35.5. The van der Waals surface area contributed by atoms with Crippen LogP contribution in [0.5, 0.6) is 0 Å². The van der Waals surface area contributed by atoms with E-state index in [2.05, 4.69) is 19.2 Å². The maximum absolute atomic E-state index is 11.9. The van der Waals surface area contributed by atoms with E-state index >= 15 is 0 Å². The van der Waals surface area contributed by atoms with E-state index in [0.29, 0.717) is 23.0 Å². The van der Waals surface area contributed by atoms with Crippen molar-refractivity contribution in [2.75, 3.05) is 6.54 Å². The molecule has 0 fully saturated rings. The molecule has 0 aliphatic rings. The van der Waals surface area contributed by atoms with Crippen molar-refractivity contribution in [2.45, 2.75) is 39.2 Å². The smallest absolute Gasteiger partial charge is 0.220 e. The number of halogens is 1. The molecule has 116 valence electrons. The first kappa shape index (κ1) is 17.7. The van der Waals surface area contributed by atoms with E-state index in [4.69, 9.17) is 17.3 Å². The Morgan fingerprint density at radius 2 is 1.81 bits per heavy atom. The minimum Gasteiger partial charge on any atom is -0.352 e. The summed E-state index contributed by atoms with van der Waals surface area (Å²) in [6.45, 7) is 4.58. The fourth-order valence-corrected chi connectivity index (χ4v) is 2.22. The van der Waals surface area contributed by atoms with Crippen molar-refractivity contribution in [1.82, 2.24) is 5.32 Å². The number of amides is 1. The van der Waals surface area contributed by atoms with E-state index in [9.17, 15) is 9.59 Å². The minimum atomic E-state index is -0.131. The van der Waals surface area contributed by atoms with Gasteiger partial charge in [-0.05, 0) is 36.6 Å². The summed E-state index contributed by atoms with van der Waals surface area (Å²) in [6, 6.07) is 6.65. The SMILES string of the molecule is CC(C)CC(CN)NC(=O)CCC(=O)c1ccc(Cl)cc1. The molecule has 0 aliphatic heterocycles. The molecule has 0 aliphatic carbocycles. The lowest BCUT2D eigenvalue weighted by atomic mass is 10.0. The molecule has 1 aromatic carbocycles. The highest BCUT2D eigenvalue weighted by Crippen LogP contribution is 2.12. The van der Waals surface area contributed by atoms with Crippen LogP contribution < -0.4 is 11.1 Å².